The van der Waals surface area contributed by atoms with Crippen LogP contribution in [-0.2, 0) is 4.79 Å². The van der Waals surface area contributed by atoms with Crippen molar-refractivity contribution in [3.8, 4) is 5.75 Å². The first-order chi connectivity index (χ1) is 13.7. The number of nitrogens with one attached hydrogen (secondary N) is 2. The lowest BCUT2D eigenvalue weighted by atomic mass is 9.99. The van der Waals surface area contributed by atoms with Crippen molar-refractivity contribution in [3.63, 3.8) is 0 Å². The van der Waals surface area contributed by atoms with Crippen LogP contribution in [-0.4, -0.2) is 32.1 Å². The third kappa shape index (κ3) is 5.65. The van der Waals surface area contributed by atoms with Gasteiger partial charge in [-0.05, 0) is 62.1 Å². The standard InChI is InChI=1S/C23H31N3O2/c1-3-28-22-7-5-4-6-21(22)25-23(27)12-15-24-19-8-10-20(11-9-19)26-16-13-18(2)14-17-26/h4-11,18,24H,3,12-17H2,1-2H3,(H,25,27). The molecular weight excluding hydrogens is 350 g/mol. The summed E-state index contributed by atoms with van der Waals surface area (Å²) in [6, 6.07) is 16.0. The van der Waals surface area contributed by atoms with Crippen LogP contribution in [0.2, 0.25) is 0 Å². The zero-order valence-electron chi connectivity index (χ0n) is 16.9. The Bertz CT molecular complexity index is 753. The lowest BCUT2D eigenvalue weighted by Crippen LogP contribution is -2.32. The zero-order chi connectivity index (χ0) is 19.8. The maximum absolute atomic E-state index is 12.2. The summed E-state index contributed by atoms with van der Waals surface area (Å²) >= 11 is 0. The van der Waals surface area contributed by atoms with Gasteiger partial charge < -0.3 is 20.3 Å². The van der Waals surface area contributed by atoms with Crippen LogP contribution in [0.1, 0.15) is 33.1 Å². The first-order valence-corrected chi connectivity index (χ1v) is 10.3. The Morgan fingerprint density at radius 3 is 2.54 bits per heavy atom. The van der Waals surface area contributed by atoms with Gasteiger partial charge in [-0.2, -0.15) is 0 Å². The molecule has 28 heavy (non-hydrogen) atoms. The van der Waals surface area contributed by atoms with Gasteiger partial charge in [0, 0.05) is 37.4 Å². The molecule has 0 radical (unpaired) electrons. The number of benzene rings is 2. The van der Waals surface area contributed by atoms with Crippen LogP contribution in [0.15, 0.2) is 48.5 Å². The van der Waals surface area contributed by atoms with Crippen molar-refractivity contribution < 1.29 is 9.53 Å². The average Bonchev–Trinajstić information content (AvgIpc) is 2.71. The summed E-state index contributed by atoms with van der Waals surface area (Å²) in [5.41, 5.74) is 3.04. The van der Waals surface area contributed by atoms with Gasteiger partial charge in [-0.25, -0.2) is 0 Å². The molecule has 0 bridgehead atoms. The van der Waals surface area contributed by atoms with Crippen LogP contribution in [0.4, 0.5) is 17.1 Å². The topological polar surface area (TPSA) is 53.6 Å². The van der Waals surface area contributed by atoms with Gasteiger partial charge in [0.1, 0.15) is 5.75 Å². The molecule has 0 unspecified atom stereocenters. The van der Waals surface area contributed by atoms with Crippen molar-refractivity contribution in [2.45, 2.75) is 33.1 Å². The number of carbonyl (C=O) groups is 1. The number of para-hydroxylation sites is 2. The second kappa shape index (κ2) is 10.0. The number of amides is 1. The third-order valence-electron chi connectivity index (χ3n) is 5.16. The molecule has 2 N–H and O–H groups in total. The minimum atomic E-state index is -0.0290. The third-order valence-corrected chi connectivity index (χ3v) is 5.16. The van der Waals surface area contributed by atoms with E-state index in [4.69, 9.17) is 4.74 Å². The van der Waals surface area contributed by atoms with Crippen LogP contribution in [0.3, 0.4) is 0 Å². The lowest BCUT2D eigenvalue weighted by Gasteiger charge is -2.32. The quantitative estimate of drug-likeness (QED) is 0.692. The highest BCUT2D eigenvalue weighted by Gasteiger charge is 2.15. The van der Waals surface area contributed by atoms with E-state index in [9.17, 15) is 4.79 Å². The SMILES string of the molecule is CCOc1ccccc1NC(=O)CCNc1ccc(N2CCC(C)CC2)cc1. The molecule has 1 saturated heterocycles. The molecule has 1 aliphatic rings. The molecule has 0 saturated carbocycles. The van der Waals surface area contributed by atoms with Gasteiger partial charge in [-0.3, -0.25) is 4.79 Å². The molecule has 5 nitrogen and oxygen atoms in total. The molecule has 0 aliphatic carbocycles. The van der Waals surface area contributed by atoms with Gasteiger partial charge in [0.05, 0.1) is 12.3 Å². The van der Waals surface area contributed by atoms with E-state index in [2.05, 4.69) is 46.7 Å². The number of hydrogen-bond acceptors (Lipinski definition) is 4. The molecule has 3 rings (SSSR count). The minimum absolute atomic E-state index is 0.0290. The van der Waals surface area contributed by atoms with Gasteiger partial charge in [0.15, 0.2) is 0 Å². The first-order valence-electron chi connectivity index (χ1n) is 10.3. The van der Waals surface area contributed by atoms with Gasteiger partial charge >= 0.3 is 0 Å². The molecule has 2 aromatic carbocycles. The highest BCUT2D eigenvalue weighted by atomic mass is 16.5. The van der Waals surface area contributed by atoms with Crippen molar-refractivity contribution >= 4 is 23.0 Å². The summed E-state index contributed by atoms with van der Waals surface area (Å²) in [5.74, 6) is 1.51. The lowest BCUT2D eigenvalue weighted by molar-refractivity contribution is -0.116. The highest BCUT2D eigenvalue weighted by Crippen LogP contribution is 2.25. The largest absolute Gasteiger partial charge is 0.492 e. The number of nitrogens with zero attached hydrogens (tertiary/aromatic N) is 1. The van der Waals surface area contributed by atoms with Crippen molar-refractivity contribution in [2.75, 3.05) is 41.8 Å². The summed E-state index contributed by atoms with van der Waals surface area (Å²) in [4.78, 5) is 14.7. The number of carbonyl (C=O) groups excluding carboxylic acids is 1. The van der Waals surface area contributed by atoms with E-state index in [-0.39, 0.29) is 5.91 Å². The molecule has 1 heterocycles. The number of piperidine rings is 1. The second-order valence-electron chi connectivity index (χ2n) is 7.37. The van der Waals surface area contributed by atoms with Crippen LogP contribution >= 0.6 is 0 Å². The Hall–Kier alpha value is -2.69. The molecular formula is C23H31N3O2. The summed E-state index contributed by atoms with van der Waals surface area (Å²) in [6.07, 6.45) is 2.93. The number of anilines is 3. The fourth-order valence-corrected chi connectivity index (χ4v) is 3.44. The van der Waals surface area contributed by atoms with Gasteiger partial charge in [0.25, 0.3) is 0 Å². The molecule has 1 amide bonds. The molecule has 0 atom stereocenters. The Morgan fingerprint density at radius 2 is 1.82 bits per heavy atom. The van der Waals surface area contributed by atoms with Crippen LogP contribution in [0.25, 0.3) is 0 Å². The van der Waals surface area contributed by atoms with Crippen molar-refractivity contribution in [1.82, 2.24) is 0 Å². The van der Waals surface area contributed by atoms with E-state index >= 15 is 0 Å². The molecule has 150 valence electrons. The molecule has 1 fully saturated rings. The summed E-state index contributed by atoms with van der Waals surface area (Å²) < 4.78 is 5.54. The van der Waals surface area contributed by atoms with Crippen LogP contribution < -0.4 is 20.3 Å². The number of rotatable bonds is 8. The van der Waals surface area contributed by atoms with Crippen molar-refractivity contribution in [3.05, 3.63) is 48.5 Å². The zero-order valence-corrected chi connectivity index (χ0v) is 16.9. The maximum atomic E-state index is 12.2. The molecule has 0 spiro atoms. The van der Waals surface area contributed by atoms with Crippen LogP contribution in [0.5, 0.6) is 5.75 Å². The summed E-state index contributed by atoms with van der Waals surface area (Å²) in [5, 5.41) is 6.25. The Balaban J connectivity index is 1.44. The van der Waals surface area contributed by atoms with Gasteiger partial charge in [0.2, 0.25) is 5.91 Å². The number of ether oxygens (including phenoxy) is 1. The maximum Gasteiger partial charge on any atom is 0.226 e. The second-order valence-corrected chi connectivity index (χ2v) is 7.37. The normalized spacial score (nSPS) is 14.6. The van der Waals surface area contributed by atoms with E-state index in [1.165, 1.54) is 18.5 Å². The fourth-order valence-electron chi connectivity index (χ4n) is 3.44. The molecule has 5 heteroatoms. The average molecular weight is 382 g/mol. The molecule has 1 aliphatic heterocycles. The van der Waals surface area contributed by atoms with E-state index in [0.29, 0.717) is 25.3 Å². The predicted molar refractivity (Wildman–Crippen MR) is 116 cm³/mol. The Morgan fingerprint density at radius 1 is 1.11 bits per heavy atom. The summed E-state index contributed by atoms with van der Waals surface area (Å²) in [6.45, 7) is 7.69. The monoisotopic (exact) mass is 381 g/mol. The van der Waals surface area contributed by atoms with Gasteiger partial charge in [-0.1, -0.05) is 19.1 Å². The minimum Gasteiger partial charge on any atom is -0.492 e. The van der Waals surface area contributed by atoms with Crippen molar-refractivity contribution in [1.29, 1.82) is 0 Å². The fraction of sp³-hybridized carbons (Fsp3) is 0.435. The summed E-state index contributed by atoms with van der Waals surface area (Å²) in [7, 11) is 0. The van der Waals surface area contributed by atoms with E-state index in [1.54, 1.807) is 0 Å². The number of hydrogen-bond donors (Lipinski definition) is 2. The first kappa shape index (κ1) is 20.1. The Labute approximate surface area is 168 Å². The van der Waals surface area contributed by atoms with Gasteiger partial charge in [-0.15, -0.1) is 0 Å². The molecule has 2 aromatic rings. The van der Waals surface area contributed by atoms with E-state index in [1.807, 2.05) is 31.2 Å². The van der Waals surface area contributed by atoms with Crippen molar-refractivity contribution in [2.24, 2.45) is 5.92 Å². The predicted octanol–water partition coefficient (Wildman–Crippen LogP) is 4.76. The highest BCUT2D eigenvalue weighted by molar-refractivity contribution is 5.92. The smallest absolute Gasteiger partial charge is 0.226 e. The van der Waals surface area contributed by atoms with E-state index < -0.39 is 0 Å². The Kier molecular flexibility index (Phi) is 7.18. The molecule has 0 aromatic heterocycles. The van der Waals surface area contributed by atoms with E-state index in [0.717, 1.165) is 30.4 Å². The van der Waals surface area contributed by atoms with Crippen LogP contribution in [0, 0.1) is 5.92 Å².